The normalized spacial score (nSPS) is 13.3. The van der Waals surface area contributed by atoms with Crippen LogP contribution < -0.4 is 5.32 Å². The Kier molecular flexibility index (Phi) is 5.40. The lowest BCUT2D eigenvalue weighted by Gasteiger charge is -2.22. The van der Waals surface area contributed by atoms with E-state index in [0.717, 1.165) is 38.9 Å². The number of hydrogen-bond donors (Lipinski definition) is 1. The van der Waals surface area contributed by atoms with Crippen molar-refractivity contribution in [1.82, 2.24) is 5.32 Å². The molecule has 0 aliphatic heterocycles. The van der Waals surface area contributed by atoms with Crippen LogP contribution in [-0.2, 0) is 20.7 Å². The van der Waals surface area contributed by atoms with Crippen LogP contribution in [0.5, 0.6) is 0 Å². The third-order valence-corrected chi connectivity index (χ3v) is 5.95. The van der Waals surface area contributed by atoms with E-state index < -0.39 is 17.9 Å². The van der Waals surface area contributed by atoms with E-state index in [4.69, 9.17) is 4.74 Å². The number of carbonyl (C=O) groups excluding carboxylic acids is 2. The summed E-state index contributed by atoms with van der Waals surface area (Å²) in [6.45, 7) is 4.03. The molecule has 0 aromatic heterocycles. The number of rotatable bonds is 5. The van der Waals surface area contributed by atoms with Gasteiger partial charge in [-0.05, 0) is 52.8 Å². The maximum atomic E-state index is 13.4. The average molecular weight is 399 g/mol. The quantitative estimate of drug-likeness (QED) is 0.650. The first kappa shape index (κ1) is 19.9. The molecule has 1 atom stereocenters. The van der Waals surface area contributed by atoms with E-state index in [2.05, 4.69) is 5.32 Å². The molecule has 0 fully saturated rings. The second kappa shape index (κ2) is 8.15. The number of fused-ring (bicyclic) bond motifs is 3. The van der Waals surface area contributed by atoms with Gasteiger partial charge in [0.1, 0.15) is 6.04 Å². The standard InChI is InChI=1S/C26H25NO3/c1-16-9-8-10-17(2)22(16)15-23(26(29)30-3)27-25(28)24-20-13-6-4-11-18(20)19-12-5-7-14-21(19)24/h4-14,23-24H,15H2,1-3H3,(H,27,28)/t23-/m0/s1. The van der Waals surface area contributed by atoms with Gasteiger partial charge in [-0.2, -0.15) is 0 Å². The molecule has 4 rings (SSSR count). The molecule has 0 heterocycles. The fourth-order valence-electron chi connectivity index (χ4n) is 4.40. The molecule has 1 amide bonds. The van der Waals surface area contributed by atoms with E-state index in [1.54, 1.807) is 0 Å². The molecule has 4 heteroatoms. The number of ether oxygens (including phenoxy) is 1. The maximum Gasteiger partial charge on any atom is 0.328 e. The Bertz CT molecular complexity index is 1050. The SMILES string of the molecule is COC(=O)[C@H](Cc1c(C)cccc1C)NC(=O)C1c2ccccc2-c2ccccc21. The summed E-state index contributed by atoms with van der Waals surface area (Å²) in [5, 5.41) is 2.98. The minimum atomic E-state index is -0.748. The minimum Gasteiger partial charge on any atom is -0.467 e. The van der Waals surface area contributed by atoms with Crippen LogP contribution in [0.4, 0.5) is 0 Å². The van der Waals surface area contributed by atoms with Crippen molar-refractivity contribution in [1.29, 1.82) is 0 Å². The van der Waals surface area contributed by atoms with Gasteiger partial charge < -0.3 is 10.1 Å². The molecule has 1 N–H and O–H groups in total. The summed E-state index contributed by atoms with van der Waals surface area (Å²) in [7, 11) is 1.35. The molecule has 0 saturated heterocycles. The number of esters is 1. The van der Waals surface area contributed by atoms with Crippen LogP contribution in [0.2, 0.25) is 0 Å². The predicted octanol–water partition coefficient (Wildman–Crippen LogP) is 4.32. The van der Waals surface area contributed by atoms with Gasteiger partial charge in [0.15, 0.2) is 0 Å². The van der Waals surface area contributed by atoms with Crippen LogP contribution in [0.3, 0.4) is 0 Å². The van der Waals surface area contributed by atoms with Gasteiger partial charge in [-0.15, -0.1) is 0 Å². The molecule has 3 aromatic rings. The van der Waals surface area contributed by atoms with Crippen LogP contribution in [0, 0.1) is 13.8 Å². The molecule has 3 aromatic carbocycles. The summed E-state index contributed by atoms with van der Waals surface area (Å²) in [6, 6.07) is 21.2. The second-order valence-electron chi connectivity index (χ2n) is 7.77. The van der Waals surface area contributed by atoms with Gasteiger partial charge in [-0.1, -0.05) is 66.7 Å². The summed E-state index contributed by atoms with van der Waals surface area (Å²) in [6.07, 6.45) is 0.396. The first-order chi connectivity index (χ1) is 14.5. The van der Waals surface area contributed by atoms with Gasteiger partial charge >= 0.3 is 5.97 Å². The van der Waals surface area contributed by atoms with E-state index in [1.807, 2.05) is 80.6 Å². The van der Waals surface area contributed by atoms with E-state index >= 15 is 0 Å². The van der Waals surface area contributed by atoms with Gasteiger partial charge in [0.2, 0.25) is 5.91 Å². The molecular weight excluding hydrogens is 374 g/mol. The predicted molar refractivity (Wildman–Crippen MR) is 117 cm³/mol. The van der Waals surface area contributed by atoms with Gasteiger partial charge in [0, 0.05) is 6.42 Å². The van der Waals surface area contributed by atoms with E-state index in [1.165, 1.54) is 7.11 Å². The van der Waals surface area contributed by atoms with E-state index in [0.29, 0.717) is 6.42 Å². The number of benzene rings is 3. The molecule has 0 unspecified atom stereocenters. The van der Waals surface area contributed by atoms with Crippen LogP contribution in [0.1, 0.15) is 33.7 Å². The Hall–Kier alpha value is -3.40. The first-order valence-corrected chi connectivity index (χ1v) is 10.1. The van der Waals surface area contributed by atoms with Gasteiger partial charge in [0.25, 0.3) is 0 Å². The van der Waals surface area contributed by atoms with Gasteiger partial charge in [-0.3, -0.25) is 4.79 Å². The van der Waals surface area contributed by atoms with Crippen molar-refractivity contribution in [2.45, 2.75) is 32.2 Å². The van der Waals surface area contributed by atoms with Crippen molar-refractivity contribution in [2.75, 3.05) is 7.11 Å². The zero-order valence-electron chi connectivity index (χ0n) is 17.4. The van der Waals surface area contributed by atoms with E-state index in [-0.39, 0.29) is 5.91 Å². The Morgan fingerprint density at radius 2 is 1.40 bits per heavy atom. The zero-order chi connectivity index (χ0) is 21.3. The van der Waals surface area contributed by atoms with Crippen LogP contribution in [-0.4, -0.2) is 25.0 Å². The smallest absolute Gasteiger partial charge is 0.328 e. The first-order valence-electron chi connectivity index (χ1n) is 10.1. The topological polar surface area (TPSA) is 55.4 Å². The highest BCUT2D eigenvalue weighted by molar-refractivity contribution is 5.97. The lowest BCUT2D eigenvalue weighted by Crippen LogP contribution is -2.45. The van der Waals surface area contributed by atoms with Crippen molar-refractivity contribution in [3.05, 3.63) is 94.5 Å². The van der Waals surface area contributed by atoms with Crippen molar-refractivity contribution < 1.29 is 14.3 Å². The summed E-state index contributed by atoms with van der Waals surface area (Å²) >= 11 is 0. The van der Waals surface area contributed by atoms with Crippen LogP contribution in [0.15, 0.2) is 66.7 Å². The molecule has 0 bridgehead atoms. The van der Waals surface area contributed by atoms with Crippen molar-refractivity contribution >= 4 is 11.9 Å². The highest BCUT2D eigenvalue weighted by Gasteiger charge is 2.35. The number of methoxy groups -OCH3 is 1. The molecule has 30 heavy (non-hydrogen) atoms. The summed E-state index contributed by atoms with van der Waals surface area (Å²) in [5.41, 5.74) is 7.30. The molecule has 0 saturated carbocycles. The molecule has 0 radical (unpaired) electrons. The third-order valence-electron chi connectivity index (χ3n) is 5.95. The largest absolute Gasteiger partial charge is 0.467 e. The Morgan fingerprint density at radius 1 is 0.867 bits per heavy atom. The molecular formula is C26H25NO3. The number of amides is 1. The number of hydrogen-bond acceptors (Lipinski definition) is 3. The minimum absolute atomic E-state index is 0.186. The third kappa shape index (κ3) is 3.50. The fraction of sp³-hybridized carbons (Fsp3) is 0.231. The molecule has 1 aliphatic carbocycles. The molecule has 0 spiro atoms. The van der Waals surface area contributed by atoms with Crippen molar-refractivity contribution in [2.24, 2.45) is 0 Å². The van der Waals surface area contributed by atoms with Crippen LogP contribution in [0.25, 0.3) is 11.1 Å². The number of nitrogens with one attached hydrogen (secondary N) is 1. The van der Waals surface area contributed by atoms with Crippen LogP contribution >= 0.6 is 0 Å². The highest BCUT2D eigenvalue weighted by atomic mass is 16.5. The summed E-state index contributed by atoms with van der Waals surface area (Å²) in [4.78, 5) is 26.0. The Morgan fingerprint density at radius 3 is 1.93 bits per heavy atom. The van der Waals surface area contributed by atoms with E-state index in [9.17, 15) is 9.59 Å². The second-order valence-corrected chi connectivity index (χ2v) is 7.77. The Balaban J connectivity index is 1.66. The monoisotopic (exact) mass is 399 g/mol. The maximum absolute atomic E-state index is 13.4. The van der Waals surface area contributed by atoms with Crippen molar-refractivity contribution in [3.8, 4) is 11.1 Å². The Labute approximate surface area is 176 Å². The fourth-order valence-corrected chi connectivity index (χ4v) is 4.40. The average Bonchev–Trinajstić information content (AvgIpc) is 3.09. The van der Waals surface area contributed by atoms with Gasteiger partial charge in [-0.25, -0.2) is 4.79 Å². The summed E-state index contributed by atoms with van der Waals surface area (Å²) < 4.78 is 5.01. The highest BCUT2D eigenvalue weighted by Crippen LogP contribution is 2.44. The van der Waals surface area contributed by atoms with Crippen molar-refractivity contribution in [3.63, 3.8) is 0 Å². The number of carbonyl (C=O) groups is 2. The lowest BCUT2D eigenvalue weighted by molar-refractivity contribution is -0.145. The lowest BCUT2D eigenvalue weighted by atomic mass is 9.93. The molecule has 4 nitrogen and oxygen atoms in total. The van der Waals surface area contributed by atoms with Gasteiger partial charge in [0.05, 0.1) is 13.0 Å². The molecule has 152 valence electrons. The summed E-state index contributed by atoms with van der Waals surface area (Å²) in [5.74, 6) is -1.07. The number of aryl methyl sites for hydroxylation is 2. The molecule has 1 aliphatic rings. The zero-order valence-corrected chi connectivity index (χ0v) is 17.4.